The molecule has 1 saturated heterocycles. The van der Waals surface area contributed by atoms with Crippen LogP contribution in [0.25, 0.3) is 22.6 Å². The van der Waals surface area contributed by atoms with Crippen molar-refractivity contribution in [1.82, 2.24) is 15.3 Å². The molecule has 0 aliphatic carbocycles. The van der Waals surface area contributed by atoms with Crippen LogP contribution >= 0.6 is 0 Å². The lowest BCUT2D eigenvalue weighted by molar-refractivity contribution is 0.0985. The van der Waals surface area contributed by atoms with Crippen LogP contribution < -0.4 is 15.5 Å². The quantitative estimate of drug-likeness (QED) is 0.385. The molecule has 2 heterocycles. The zero-order chi connectivity index (χ0) is 27.4. The number of morpholine rings is 1. The van der Waals surface area contributed by atoms with E-state index in [2.05, 4.69) is 20.6 Å². The van der Waals surface area contributed by atoms with Crippen LogP contribution in [0.1, 0.15) is 6.92 Å². The van der Waals surface area contributed by atoms with E-state index < -0.39 is 27.5 Å². The van der Waals surface area contributed by atoms with Crippen molar-refractivity contribution < 1.29 is 31.8 Å². The first-order chi connectivity index (χ1) is 18.1. The largest absolute Gasteiger partial charge is 0.395 e. The van der Waals surface area contributed by atoms with Gasteiger partial charge in [0.05, 0.1) is 42.0 Å². The van der Waals surface area contributed by atoms with Crippen molar-refractivity contribution in [2.75, 3.05) is 49.4 Å². The maximum Gasteiger partial charge on any atom is 0.319 e. The highest BCUT2D eigenvalue weighted by Gasteiger charge is 2.25. The Morgan fingerprint density at radius 1 is 1.16 bits per heavy atom. The Balaban J connectivity index is 1.83. The number of sulfone groups is 1. The number of carbonyl (C=O) groups is 1. The fraction of sp³-hybridized carbons (Fsp3) is 0.320. The molecule has 1 aliphatic heterocycles. The van der Waals surface area contributed by atoms with Gasteiger partial charge < -0.3 is 25.4 Å². The van der Waals surface area contributed by atoms with E-state index in [1.807, 2.05) is 11.8 Å². The lowest BCUT2D eigenvalue weighted by Gasteiger charge is -2.34. The first kappa shape index (κ1) is 27.4. The number of rotatable bonds is 7. The van der Waals surface area contributed by atoms with E-state index in [4.69, 9.17) is 9.84 Å². The molecular weight excluding hydrogens is 520 g/mol. The summed E-state index contributed by atoms with van der Waals surface area (Å²) in [5.41, 5.74) is 0.281. The minimum atomic E-state index is -3.75. The molecule has 2 aromatic carbocycles. The van der Waals surface area contributed by atoms with Crippen LogP contribution in [-0.4, -0.2) is 74.7 Å². The van der Waals surface area contributed by atoms with E-state index in [9.17, 15) is 17.6 Å². The van der Waals surface area contributed by atoms with E-state index in [1.165, 1.54) is 18.2 Å². The molecule has 3 N–H and O–H groups in total. The van der Waals surface area contributed by atoms with Gasteiger partial charge in [-0.3, -0.25) is 0 Å². The van der Waals surface area contributed by atoms with Crippen molar-refractivity contribution in [3.8, 4) is 22.6 Å². The molecule has 1 aromatic heterocycles. The second-order valence-electron chi connectivity index (χ2n) is 8.76. The van der Waals surface area contributed by atoms with Gasteiger partial charge in [0.1, 0.15) is 17.5 Å². The SMILES string of the molecule is C[C@H]1COCCN1c1cc(-c2cc(F)ccc2S(C)(=O)=O)nc(-c2ccc(NC(=O)NCCO)cc2F)n1. The van der Waals surface area contributed by atoms with Gasteiger partial charge in [-0.05, 0) is 43.3 Å². The van der Waals surface area contributed by atoms with Crippen molar-refractivity contribution in [2.45, 2.75) is 17.9 Å². The first-order valence-electron chi connectivity index (χ1n) is 11.8. The molecule has 0 radical (unpaired) electrons. The van der Waals surface area contributed by atoms with Crippen molar-refractivity contribution in [3.05, 3.63) is 54.1 Å². The number of halogens is 2. The van der Waals surface area contributed by atoms with Gasteiger partial charge in [0.2, 0.25) is 0 Å². The van der Waals surface area contributed by atoms with E-state index in [-0.39, 0.29) is 52.4 Å². The smallest absolute Gasteiger partial charge is 0.319 e. The zero-order valence-corrected chi connectivity index (χ0v) is 21.6. The van der Waals surface area contributed by atoms with Crippen molar-refractivity contribution in [1.29, 1.82) is 0 Å². The number of benzene rings is 2. The Bertz CT molecular complexity index is 1450. The van der Waals surface area contributed by atoms with E-state index in [1.54, 1.807) is 6.07 Å². The maximum absolute atomic E-state index is 15.3. The Kier molecular flexibility index (Phi) is 8.19. The Morgan fingerprint density at radius 3 is 2.63 bits per heavy atom. The standard InChI is InChI=1S/C25H27F2N5O5S/c1-15-14-37-10-8-32(15)23-13-21(19-11-16(26)3-6-22(19)38(2,35)36)30-24(31-23)18-5-4-17(12-20(18)27)29-25(34)28-7-9-33/h3-6,11-13,15,33H,7-10,14H2,1-2H3,(H2,28,29,34)/t15-/m0/s1. The zero-order valence-electron chi connectivity index (χ0n) is 20.7. The first-order valence-corrected chi connectivity index (χ1v) is 13.6. The normalized spacial score (nSPS) is 15.8. The average molecular weight is 548 g/mol. The summed E-state index contributed by atoms with van der Waals surface area (Å²) < 4.78 is 60.0. The number of ether oxygens (including phenoxy) is 1. The van der Waals surface area contributed by atoms with Gasteiger partial charge in [-0.15, -0.1) is 0 Å². The molecule has 4 rings (SSSR count). The third-order valence-corrected chi connectivity index (χ3v) is 7.01. The number of hydrogen-bond donors (Lipinski definition) is 3. The number of nitrogens with one attached hydrogen (secondary N) is 2. The van der Waals surface area contributed by atoms with Crippen LogP contribution in [0.3, 0.4) is 0 Å². The number of carbonyl (C=O) groups excluding carboxylic acids is 1. The number of hydrogen-bond acceptors (Lipinski definition) is 8. The summed E-state index contributed by atoms with van der Waals surface area (Å²) in [6.07, 6.45) is 1.01. The minimum absolute atomic E-state index is 0.00682. The number of aliphatic hydroxyl groups excluding tert-OH is 1. The molecule has 0 saturated carbocycles. The number of urea groups is 1. The lowest BCUT2D eigenvalue weighted by atomic mass is 10.1. The minimum Gasteiger partial charge on any atom is -0.395 e. The molecule has 2 amide bonds. The number of aliphatic hydroxyl groups is 1. The monoisotopic (exact) mass is 547 g/mol. The topological polar surface area (TPSA) is 134 Å². The third-order valence-electron chi connectivity index (χ3n) is 5.86. The summed E-state index contributed by atoms with van der Waals surface area (Å²) in [5.74, 6) is -1.05. The molecule has 1 aliphatic rings. The molecule has 1 atom stereocenters. The van der Waals surface area contributed by atoms with Gasteiger partial charge in [0.15, 0.2) is 15.7 Å². The Morgan fingerprint density at radius 2 is 1.95 bits per heavy atom. The molecule has 10 nitrogen and oxygen atoms in total. The van der Waals surface area contributed by atoms with E-state index in [0.717, 1.165) is 24.5 Å². The fourth-order valence-electron chi connectivity index (χ4n) is 4.05. The van der Waals surface area contributed by atoms with Crippen molar-refractivity contribution in [3.63, 3.8) is 0 Å². The molecule has 1 fully saturated rings. The summed E-state index contributed by atoms with van der Waals surface area (Å²) in [6.45, 7) is 3.05. The molecule has 0 spiro atoms. The van der Waals surface area contributed by atoms with Gasteiger partial charge in [0, 0.05) is 36.7 Å². The van der Waals surface area contributed by atoms with E-state index in [0.29, 0.717) is 25.6 Å². The average Bonchev–Trinajstić information content (AvgIpc) is 2.87. The summed E-state index contributed by atoms with van der Waals surface area (Å²) in [4.78, 5) is 22.6. The molecule has 13 heteroatoms. The highest BCUT2D eigenvalue weighted by atomic mass is 32.2. The molecular formula is C25H27F2N5O5S. The highest BCUT2D eigenvalue weighted by molar-refractivity contribution is 7.90. The molecule has 202 valence electrons. The van der Waals surface area contributed by atoms with Gasteiger partial charge >= 0.3 is 6.03 Å². The van der Waals surface area contributed by atoms with Gasteiger partial charge in [0.25, 0.3) is 0 Å². The van der Waals surface area contributed by atoms with Crippen LogP contribution in [0.4, 0.5) is 25.1 Å². The summed E-state index contributed by atoms with van der Waals surface area (Å²) in [5, 5.41) is 13.7. The Hall–Kier alpha value is -3.68. The summed E-state index contributed by atoms with van der Waals surface area (Å²) in [7, 11) is -3.75. The molecule has 3 aromatic rings. The van der Waals surface area contributed by atoms with Crippen LogP contribution in [0, 0.1) is 11.6 Å². The van der Waals surface area contributed by atoms with Gasteiger partial charge in [-0.1, -0.05) is 0 Å². The van der Waals surface area contributed by atoms with Crippen LogP contribution in [0.15, 0.2) is 47.4 Å². The van der Waals surface area contributed by atoms with Gasteiger partial charge in [-0.25, -0.2) is 32.0 Å². The molecule has 0 bridgehead atoms. The molecule has 38 heavy (non-hydrogen) atoms. The second-order valence-corrected chi connectivity index (χ2v) is 10.7. The number of aromatic nitrogens is 2. The van der Waals surface area contributed by atoms with Crippen molar-refractivity contribution >= 4 is 27.4 Å². The molecule has 0 unspecified atom stereocenters. The van der Waals surface area contributed by atoms with Crippen LogP contribution in [0.2, 0.25) is 0 Å². The fourth-order valence-corrected chi connectivity index (χ4v) is 4.93. The highest BCUT2D eigenvalue weighted by Crippen LogP contribution is 2.33. The Labute approximate surface area is 218 Å². The van der Waals surface area contributed by atoms with Crippen LogP contribution in [-0.2, 0) is 14.6 Å². The maximum atomic E-state index is 15.3. The number of nitrogens with zero attached hydrogens (tertiary/aromatic N) is 3. The van der Waals surface area contributed by atoms with Gasteiger partial charge in [-0.2, -0.15) is 0 Å². The summed E-state index contributed by atoms with van der Waals surface area (Å²) >= 11 is 0. The number of amides is 2. The van der Waals surface area contributed by atoms with Crippen LogP contribution in [0.5, 0.6) is 0 Å². The predicted molar refractivity (Wildman–Crippen MR) is 138 cm³/mol. The number of anilines is 2. The van der Waals surface area contributed by atoms with E-state index >= 15 is 4.39 Å². The van der Waals surface area contributed by atoms with Crippen molar-refractivity contribution in [2.24, 2.45) is 0 Å². The second kappa shape index (κ2) is 11.4. The predicted octanol–water partition coefficient (Wildman–Crippen LogP) is 2.83. The third kappa shape index (κ3) is 6.23. The summed E-state index contributed by atoms with van der Waals surface area (Å²) in [6, 6.07) is 8.06. The lowest BCUT2D eigenvalue weighted by Crippen LogP contribution is -2.44.